The zero-order valence-corrected chi connectivity index (χ0v) is 13.0. The van der Waals surface area contributed by atoms with Crippen molar-refractivity contribution in [3.8, 4) is 5.75 Å². The van der Waals surface area contributed by atoms with Gasteiger partial charge in [-0.3, -0.25) is 4.79 Å². The number of fused-ring (bicyclic) bond motifs is 1. The number of phenols is 1. The summed E-state index contributed by atoms with van der Waals surface area (Å²) in [6.45, 7) is -1.82. The quantitative estimate of drug-likeness (QED) is 0.827. The molecule has 0 unspecified atom stereocenters. The molecule has 0 saturated carbocycles. The highest BCUT2D eigenvalue weighted by molar-refractivity contribution is 5.99. The van der Waals surface area contributed by atoms with Gasteiger partial charge in [-0.1, -0.05) is 0 Å². The van der Waals surface area contributed by atoms with Crippen molar-refractivity contribution in [1.82, 2.24) is 9.47 Å². The number of piperidine rings is 1. The number of carbonyl (C=O) groups is 1. The SMILES string of the molecule is O=C(c1cc2cc(O)ccc2n1CC(F)(F)F)N1CCC(F)(F)CC1. The second-order valence-electron chi connectivity index (χ2n) is 6.12. The van der Waals surface area contributed by atoms with Crippen molar-refractivity contribution >= 4 is 16.8 Å². The van der Waals surface area contributed by atoms with Crippen LogP contribution in [0.2, 0.25) is 0 Å². The largest absolute Gasteiger partial charge is 0.508 e. The molecule has 1 aliphatic heterocycles. The first-order valence-electron chi connectivity index (χ1n) is 7.62. The standard InChI is InChI=1S/C16H15F5N2O2/c17-15(18)3-5-22(6-4-15)14(25)13-8-10-7-11(24)1-2-12(10)23(13)9-16(19,20)21/h1-2,7-8,24H,3-6,9H2. The van der Waals surface area contributed by atoms with E-state index in [4.69, 9.17) is 0 Å². The number of phenolic OH excluding ortho intramolecular Hbond substituents is 1. The zero-order chi connectivity index (χ0) is 18.4. The first-order chi connectivity index (χ1) is 11.6. The number of hydrogen-bond acceptors (Lipinski definition) is 2. The van der Waals surface area contributed by atoms with Gasteiger partial charge in [-0.05, 0) is 24.3 Å². The molecule has 9 heteroatoms. The molecule has 1 N–H and O–H groups in total. The summed E-state index contributed by atoms with van der Waals surface area (Å²) in [5.74, 6) is -3.73. The smallest absolute Gasteiger partial charge is 0.406 e. The molecule has 25 heavy (non-hydrogen) atoms. The number of nitrogens with zero attached hydrogens (tertiary/aromatic N) is 2. The van der Waals surface area contributed by atoms with Crippen LogP contribution in [0.5, 0.6) is 5.75 Å². The summed E-state index contributed by atoms with van der Waals surface area (Å²) < 4.78 is 66.0. The van der Waals surface area contributed by atoms with Gasteiger partial charge in [0.1, 0.15) is 18.0 Å². The Kier molecular flexibility index (Phi) is 4.12. The summed E-state index contributed by atoms with van der Waals surface area (Å²) in [5, 5.41) is 9.77. The van der Waals surface area contributed by atoms with Crippen molar-refractivity contribution < 1.29 is 31.9 Å². The minimum absolute atomic E-state index is 0.140. The third-order valence-electron chi connectivity index (χ3n) is 4.22. The monoisotopic (exact) mass is 362 g/mol. The van der Waals surface area contributed by atoms with Crippen LogP contribution >= 0.6 is 0 Å². The van der Waals surface area contributed by atoms with Crippen LogP contribution < -0.4 is 0 Å². The summed E-state index contributed by atoms with van der Waals surface area (Å²) in [6.07, 6.45) is -5.59. The summed E-state index contributed by atoms with van der Waals surface area (Å²) in [7, 11) is 0. The number of benzene rings is 1. The maximum absolute atomic E-state index is 13.2. The number of likely N-dealkylation sites (tertiary alicyclic amines) is 1. The van der Waals surface area contributed by atoms with Crippen LogP contribution in [0.1, 0.15) is 23.3 Å². The Morgan fingerprint density at radius 3 is 2.40 bits per heavy atom. The molecule has 0 radical (unpaired) electrons. The third-order valence-corrected chi connectivity index (χ3v) is 4.22. The van der Waals surface area contributed by atoms with Crippen molar-refractivity contribution in [2.45, 2.75) is 31.5 Å². The van der Waals surface area contributed by atoms with Crippen molar-refractivity contribution in [1.29, 1.82) is 0 Å². The Morgan fingerprint density at radius 2 is 1.80 bits per heavy atom. The molecule has 136 valence electrons. The summed E-state index contributed by atoms with van der Waals surface area (Å²) in [6, 6.07) is 5.02. The number of hydrogen-bond donors (Lipinski definition) is 1. The van der Waals surface area contributed by atoms with Gasteiger partial charge in [-0.25, -0.2) is 8.78 Å². The van der Waals surface area contributed by atoms with Crippen molar-refractivity contribution in [3.63, 3.8) is 0 Å². The zero-order valence-electron chi connectivity index (χ0n) is 13.0. The molecule has 1 aromatic heterocycles. The Bertz CT molecular complexity index is 803. The molecule has 1 aliphatic rings. The number of rotatable bonds is 2. The molecule has 4 nitrogen and oxygen atoms in total. The van der Waals surface area contributed by atoms with Gasteiger partial charge in [0.2, 0.25) is 0 Å². The molecular weight excluding hydrogens is 347 g/mol. The lowest BCUT2D eigenvalue weighted by atomic mass is 10.1. The summed E-state index contributed by atoms with van der Waals surface area (Å²) in [5.41, 5.74) is -0.0936. The van der Waals surface area contributed by atoms with Gasteiger partial charge < -0.3 is 14.6 Å². The average Bonchev–Trinajstić information content (AvgIpc) is 2.82. The van der Waals surface area contributed by atoms with Crippen LogP contribution in [0.4, 0.5) is 22.0 Å². The first kappa shape index (κ1) is 17.5. The van der Waals surface area contributed by atoms with Crippen LogP contribution in [-0.4, -0.2) is 45.7 Å². The maximum Gasteiger partial charge on any atom is 0.406 e. The van der Waals surface area contributed by atoms with Gasteiger partial charge in [-0.15, -0.1) is 0 Å². The highest BCUT2D eigenvalue weighted by atomic mass is 19.4. The molecule has 0 atom stereocenters. The molecule has 2 aromatic rings. The Balaban J connectivity index is 1.99. The number of aromatic nitrogens is 1. The maximum atomic E-state index is 13.2. The van der Waals surface area contributed by atoms with Crippen LogP contribution in [-0.2, 0) is 6.54 Å². The van der Waals surface area contributed by atoms with E-state index in [0.29, 0.717) is 0 Å². The summed E-state index contributed by atoms with van der Waals surface area (Å²) >= 11 is 0. The van der Waals surface area contributed by atoms with Gasteiger partial charge in [0.25, 0.3) is 11.8 Å². The van der Waals surface area contributed by atoms with E-state index < -0.39 is 37.4 Å². The minimum Gasteiger partial charge on any atom is -0.508 e. The van der Waals surface area contributed by atoms with Crippen molar-refractivity contribution in [2.75, 3.05) is 13.1 Å². The molecule has 1 aromatic carbocycles. The number of amides is 1. The fourth-order valence-electron chi connectivity index (χ4n) is 2.98. The van der Waals surface area contributed by atoms with E-state index in [9.17, 15) is 31.9 Å². The topological polar surface area (TPSA) is 45.5 Å². The van der Waals surface area contributed by atoms with Gasteiger partial charge in [0, 0.05) is 36.8 Å². The van der Waals surface area contributed by atoms with Crippen molar-refractivity contribution in [3.05, 3.63) is 30.0 Å². The van der Waals surface area contributed by atoms with E-state index >= 15 is 0 Å². The Labute approximate surface area is 139 Å². The highest BCUT2D eigenvalue weighted by Gasteiger charge is 2.37. The minimum atomic E-state index is -4.56. The predicted octanol–water partition coefficient (Wildman–Crippen LogP) is 3.78. The van der Waals surface area contributed by atoms with Gasteiger partial charge in [0.15, 0.2) is 0 Å². The van der Waals surface area contributed by atoms with Crippen LogP contribution in [0, 0.1) is 0 Å². The lowest BCUT2D eigenvalue weighted by Crippen LogP contribution is -2.43. The van der Waals surface area contributed by atoms with Gasteiger partial charge in [0.05, 0.1) is 0 Å². The first-order valence-corrected chi connectivity index (χ1v) is 7.62. The lowest BCUT2D eigenvalue weighted by molar-refractivity contribution is -0.140. The van der Waals surface area contributed by atoms with E-state index in [1.165, 1.54) is 24.3 Å². The Hall–Kier alpha value is -2.32. The summed E-state index contributed by atoms with van der Waals surface area (Å²) in [4.78, 5) is 13.7. The molecule has 0 aliphatic carbocycles. The van der Waals surface area contributed by atoms with Crippen LogP contribution in [0.15, 0.2) is 24.3 Å². The van der Waals surface area contributed by atoms with Gasteiger partial charge in [-0.2, -0.15) is 13.2 Å². The average molecular weight is 362 g/mol. The van der Waals surface area contributed by atoms with E-state index in [1.54, 1.807) is 0 Å². The number of aromatic hydroxyl groups is 1. The number of alkyl halides is 5. The predicted molar refractivity (Wildman–Crippen MR) is 79.7 cm³/mol. The molecule has 1 saturated heterocycles. The van der Waals surface area contributed by atoms with Crippen LogP contribution in [0.25, 0.3) is 10.9 Å². The van der Waals surface area contributed by atoms with E-state index in [1.807, 2.05) is 0 Å². The lowest BCUT2D eigenvalue weighted by Gasteiger charge is -2.32. The van der Waals surface area contributed by atoms with Crippen LogP contribution in [0.3, 0.4) is 0 Å². The number of carbonyl (C=O) groups excluding carboxylic acids is 1. The molecule has 0 bridgehead atoms. The van der Waals surface area contributed by atoms with Crippen molar-refractivity contribution in [2.24, 2.45) is 0 Å². The Morgan fingerprint density at radius 1 is 1.16 bits per heavy atom. The molecule has 2 heterocycles. The molecule has 3 rings (SSSR count). The second-order valence-corrected chi connectivity index (χ2v) is 6.12. The normalized spacial score (nSPS) is 17.9. The van der Waals surface area contributed by atoms with E-state index in [2.05, 4.69) is 0 Å². The fraction of sp³-hybridized carbons (Fsp3) is 0.438. The molecular formula is C16H15F5N2O2. The fourth-order valence-corrected chi connectivity index (χ4v) is 2.98. The molecule has 0 spiro atoms. The van der Waals surface area contributed by atoms with E-state index in [0.717, 1.165) is 9.47 Å². The van der Waals surface area contributed by atoms with Gasteiger partial charge >= 0.3 is 6.18 Å². The van der Waals surface area contributed by atoms with E-state index in [-0.39, 0.29) is 35.4 Å². The second kappa shape index (κ2) is 5.89. The molecule has 1 fully saturated rings. The number of halogens is 5. The highest BCUT2D eigenvalue weighted by Crippen LogP contribution is 2.31. The molecule has 1 amide bonds. The third kappa shape index (κ3) is 3.69.